The predicted molar refractivity (Wildman–Crippen MR) is 174 cm³/mol. The second-order valence-electron chi connectivity index (χ2n) is 9.26. The van der Waals surface area contributed by atoms with E-state index in [1.54, 1.807) is 36.9 Å². The standard InChI is InChI=1S/C28H36N8O2S2.2CH3/c1-33(21-9-11-23(25(19-21)37-5)29-31-27-35(3)15-17-39-27)13-7-8-14-34(2)22-10-12-24(26(20-22)38-6)30-32-28-36(4)16-18-40-28;;/h9-12,15-20H,7-8,13-14H2,1-6H3;2*1H3/q+2;2*-1. The highest BCUT2D eigenvalue weighted by molar-refractivity contribution is 7.13. The van der Waals surface area contributed by atoms with Crippen molar-refractivity contribution >= 4 is 55.7 Å². The minimum Gasteiger partial charge on any atom is -0.494 e. The summed E-state index contributed by atoms with van der Waals surface area (Å²) < 4.78 is 15.1. The normalized spacial score (nSPS) is 10.9. The first-order valence-electron chi connectivity index (χ1n) is 12.9. The van der Waals surface area contributed by atoms with Crippen molar-refractivity contribution in [3.8, 4) is 11.5 Å². The van der Waals surface area contributed by atoms with Gasteiger partial charge in [0.25, 0.3) is 0 Å². The fourth-order valence-electron chi connectivity index (χ4n) is 3.97. The van der Waals surface area contributed by atoms with Crippen molar-refractivity contribution in [3.05, 3.63) is 74.4 Å². The topological polar surface area (TPSA) is 82.1 Å². The molecule has 0 fully saturated rings. The number of anilines is 2. The largest absolute Gasteiger partial charge is 0.494 e. The Labute approximate surface area is 258 Å². The number of hydrogen-bond acceptors (Lipinski definition) is 10. The monoisotopic (exact) mass is 610 g/mol. The van der Waals surface area contributed by atoms with E-state index < -0.39 is 0 Å². The van der Waals surface area contributed by atoms with Gasteiger partial charge in [0.05, 0.1) is 38.5 Å². The third-order valence-corrected chi connectivity index (χ3v) is 8.13. The Balaban J connectivity index is 0.00000308. The summed E-state index contributed by atoms with van der Waals surface area (Å²) >= 11 is 3.08. The van der Waals surface area contributed by atoms with Gasteiger partial charge >= 0.3 is 10.3 Å². The van der Waals surface area contributed by atoms with Gasteiger partial charge in [-0.3, -0.25) is 0 Å². The summed E-state index contributed by atoms with van der Waals surface area (Å²) in [5, 5.41) is 23.1. The molecule has 2 aromatic carbocycles. The minimum atomic E-state index is 0. The lowest BCUT2D eigenvalue weighted by molar-refractivity contribution is -0.654. The molecule has 4 aromatic rings. The molecule has 0 aliphatic heterocycles. The van der Waals surface area contributed by atoms with Gasteiger partial charge in [-0.25, -0.2) is 9.13 Å². The number of hydrogen-bond donors (Lipinski definition) is 0. The molecule has 0 aliphatic carbocycles. The molecule has 42 heavy (non-hydrogen) atoms. The molecule has 0 saturated heterocycles. The van der Waals surface area contributed by atoms with E-state index in [1.807, 2.05) is 70.6 Å². The zero-order valence-corrected chi connectivity index (χ0v) is 27.4. The van der Waals surface area contributed by atoms with Gasteiger partial charge in [-0.2, -0.15) is 0 Å². The van der Waals surface area contributed by atoms with Crippen LogP contribution in [0.5, 0.6) is 11.5 Å². The van der Waals surface area contributed by atoms with Crippen LogP contribution in [0.3, 0.4) is 0 Å². The van der Waals surface area contributed by atoms with Crippen LogP contribution in [0.15, 0.2) is 80.0 Å². The lowest BCUT2D eigenvalue weighted by atomic mass is 10.2. The van der Waals surface area contributed by atoms with Crippen LogP contribution in [0.2, 0.25) is 0 Å². The van der Waals surface area contributed by atoms with Gasteiger partial charge in [0.1, 0.15) is 12.4 Å². The summed E-state index contributed by atoms with van der Waals surface area (Å²) in [7, 11) is 11.4. The lowest BCUT2D eigenvalue weighted by Crippen LogP contribution is -2.23. The molecule has 0 amide bonds. The van der Waals surface area contributed by atoms with E-state index in [0.29, 0.717) is 22.9 Å². The van der Waals surface area contributed by atoms with Crippen LogP contribution in [-0.2, 0) is 14.1 Å². The molecule has 12 heteroatoms. The smallest absolute Gasteiger partial charge is 0.408 e. The van der Waals surface area contributed by atoms with Crippen molar-refractivity contribution in [2.45, 2.75) is 12.8 Å². The van der Waals surface area contributed by atoms with Crippen molar-refractivity contribution in [1.82, 2.24) is 0 Å². The van der Waals surface area contributed by atoms with Gasteiger partial charge in [-0.05, 0) is 70.0 Å². The average Bonchev–Trinajstić information content (AvgIpc) is 3.59. The molecule has 4 rings (SSSR count). The third-order valence-electron chi connectivity index (χ3n) is 6.45. The molecule has 0 bridgehead atoms. The van der Waals surface area contributed by atoms with Gasteiger partial charge in [0.2, 0.25) is 0 Å². The number of methoxy groups -OCH3 is 2. The average molecular weight is 611 g/mol. The number of benzene rings is 2. The highest BCUT2D eigenvalue weighted by Crippen LogP contribution is 2.34. The van der Waals surface area contributed by atoms with Crippen LogP contribution in [0.1, 0.15) is 12.8 Å². The molecule has 10 nitrogen and oxygen atoms in total. The molecular weight excluding hydrogens is 569 g/mol. The molecule has 0 saturated carbocycles. The van der Waals surface area contributed by atoms with Crippen molar-refractivity contribution in [2.24, 2.45) is 34.6 Å². The molecule has 0 spiro atoms. The molecule has 0 unspecified atom stereocenters. The third kappa shape index (κ3) is 8.80. The first kappa shape index (κ1) is 34.3. The van der Waals surface area contributed by atoms with E-state index >= 15 is 0 Å². The Kier molecular flexibility index (Phi) is 13.5. The van der Waals surface area contributed by atoms with Crippen molar-refractivity contribution in [3.63, 3.8) is 0 Å². The van der Waals surface area contributed by atoms with E-state index in [2.05, 4.69) is 56.5 Å². The maximum Gasteiger partial charge on any atom is 0.408 e. The first-order valence-corrected chi connectivity index (χ1v) is 14.6. The number of rotatable bonds is 13. The molecular formula is C30H42N8O2S2. The Bertz CT molecular complexity index is 1360. The van der Waals surface area contributed by atoms with Gasteiger partial charge in [-0.15, -0.1) is 0 Å². The number of thiazole rings is 2. The van der Waals surface area contributed by atoms with E-state index in [4.69, 9.17) is 9.47 Å². The fraction of sp³-hybridized carbons (Fsp3) is 0.333. The van der Waals surface area contributed by atoms with Crippen LogP contribution >= 0.6 is 22.7 Å². The SMILES string of the molecule is COc1cc(N(C)CCCCN(C)c2ccc(N=Nc3scc[n+]3C)c(OC)c2)ccc1N=Nc1scc[n+]1C.[CH3-].[CH3-]. The van der Waals surface area contributed by atoms with Crippen LogP contribution in [0.4, 0.5) is 33.0 Å². The summed E-state index contributed by atoms with van der Waals surface area (Å²) in [5.74, 6) is 1.40. The molecule has 0 radical (unpaired) electrons. The van der Waals surface area contributed by atoms with E-state index in [9.17, 15) is 0 Å². The number of azo groups is 2. The summed E-state index contributed by atoms with van der Waals surface area (Å²) in [6.07, 6.45) is 6.00. The Morgan fingerprint density at radius 3 is 1.40 bits per heavy atom. The quantitative estimate of drug-likeness (QED) is 0.0677. The summed E-state index contributed by atoms with van der Waals surface area (Å²) in [5.41, 5.74) is 3.57. The van der Waals surface area contributed by atoms with Crippen molar-refractivity contribution in [2.75, 3.05) is 51.2 Å². The van der Waals surface area contributed by atoms with Crippen LogP contribution in [-0.4, -0.2) is 41.4 Å². The van der Waals surface area contributed by atoms with Crippen LogP contribution < -0.4 is 28.4 Å². The number of ether oxygens (including phenoxy) is 2. The lowest BCUT2D eigenvalue weighted by Gasteiger charge is -2.23. The highest BCUT2D eigenvalue weighted by atomic mass is 32.1. The second kappa shape index (κ2) is 16.5. The Morgan fingerprint density at radius 2 is 1.07 bits per heavy atom. The fourth-order valence-corrected chi connectivity index (χ4v) is 5.33. The molecule has 0 aliphatic rings. The van der Waals surface area contributed by atoms with Gasteiger partial charge in [0, 0.05) is 61.5 Å². The zero-order chi connectivity index (χ0) is 28.5. The van der Waals surface area contributed by atoms with E-state index in [0.717, 1.165) is 47.6 Å². The summed E-state index contributed by atoms with van der Waals surface area (Å²) in [6, 6.07) is 12.0. The highest BCUT2D eigenvalue weighted by Gasteiger charge is 2.13. The molecule has 2 aromatic heterocycles. The minimum absolute atomic E-state index is 0. The van der Waals surface area contributed by atoms with Crippen molar-refractivity contribution < 1.29 is 18.6 Å². The molecule has 2 heterocycles. The molecule has 226 valence electrons. The van der Waals surface area contributed by atoms with Crippen molar-refractivity contribution in [1.29, 1.82) is 0 Å². The maximum absolute atomic E-state index is 5.60. The predicted octanol–water partition coefficient (Wildman–Crippen LogP) is 7.56. The van der Waals surface area contributed by atoms with E-state index in [1.165, 1.54) is 0 Å². The van der Waals surface area contributed by atoms with E-state index in [-0.39, 0.29) is 14.9 Å². The van der Waals surface area contributed by atoms with Crippen LogP contribution in [0.25, 0.3) is 0 Å². The van der Waals surface area contributed by atoms with Crippen LogP contribution in [0, 0.1) is 14.9 Å². The van der Waals surface area contributed by atoms with Gasteiger partial charge in [0.15, 0.2) is 22.9 Å². The first-order chi connectivity index (χ1) is 19.4. The number of unbranched alkanes of at least 4 members (excludes halogenated alkanes) is 1. The zero-order valence-electron chi connectivity index (χ0n) is 25.8. The summed E-state index contributed by atoms with van der Waals surface area (Å²) in [6.45, 7) is 1.84. The van der Waals surface area contributed by atoms with Gasteiger partial charge in [-0.1, -0.05) is 0 Å². The second-order valence-corrected chi connectivity index (χ2v) is 11.0. The number of aryl methyl sites for hydroxylation is 2. The Hall–Kier alpha value is -3.90. The molecule has 0 atom stereocenters. The Morgan fingerprint density at radius 1 is 0.667 bits per heavy atom. The number of aromatic nitrogens is 2. The number of nitrogens with zero attached hydrogens (tertiary/aromatic N) is 8. The van der Waals surface area contributed by atoms with Gasteiger partial charge < -0.3 is 34.1 Å². The summed E-state index contributed by atoms with van der Waals surface area (Å²) in [4.78, 5) is 4.47. The maximum atomic E-state index is 5.60. The molecule has 0 N–H and O–H groups in total.